The van der Waals surface area contributed by atoms with Gasteiger partial charge in [-0.15, -0.1) is 0 Å². The normalized spacial score (nSPS) is 17.2. The van der Waals surface area contributed by atoms with E-state index >= 15 is 0 Å². The van der Waals surface area contributed by atoms with Crippen molar-refractivity contribution in [3.8, 4) is 0 Å². The molecule has 0 aliphatic carbocycles. The maximum atomic E-state index is 12.2. The number of piperidine rings is 1. The Morgan fingerprint density at radius 3 is 2.81 bits per heavy atom. The number of carbonyl (C=O) groups is 1. The van der Waals surface area contributed by atoms with Crippen molar-refractivity contribution in [1.29, 1.82) is 0 Å². The van der Waals surface area contributed by atoms with Gasteiger partial charge in [-0.25, -0.2) is 0 Å². The third-order valence-electron chi connectivity index (χ3n) is 4.76. The van der Waals surface area contributed by atoms with Gasteiger partial charge in [0, 0.05) is 43.0 Å². The first-order valence-electron chi connectivity index (χ1n) is 9.06. The number of anilines is 2. The number of carbonyl (C=O) groups excluding carboxylic acids is 1. The molecule has 2 aromatic carbocycles. The molecule has 0 radical (unpaired) electrons. The molecule has 0 saturated carbocycles. The van der Waals surface area contributed by atoms with E-state index in [0.717, 1.165) is 37.2 Å². The van der Waals surface area contributed by atoms with Crippen LogP contribution in [0.3, 0.4) is 0 Å². The number of halogens is 1. The third-order valence-corrected chi connectivity index (χ3v) is 4.99. The van der Waals surface area contributed by atoms with Crippen molar-refractivity contribution in [2.75, 3.05) is 30.4 Å². The fourth-order valence-electron chi connectivity index (χ4n) is 3.29. The molecule has 138 valence electrons. The van der Waals surface area contributed by atoms with E-state index in [2.05, 4.69) is 22.3 Å². The lowest BCUT2D eigenvalue weighted by molar-refractivity contribution is -0.116. The van der Waals surface area contributed by atoms with Gasteiger partial charge < -0.3 is 15.0 Å². The summed E-state index contributed by atoms with van der Waals surface area (Å²) in [6.07, 6.45) is 3.67. The number of aryl methyl sites for hydroxylation is 1. The van der Waals surface area contributed by atoms with Gasteiger partial charge >= 0.3 is 0 Å². The molecule has 0 aromatic heterocycles. The quantitative estimate of drug-likeness (QED) is 0.810. The second-order valence-electron chi connectivity index (χ2n) is 6.67. The number of nitrogens with one attached hydrogen (secondary N) is 1. The molecule has 5 heteroatoms. The molecule has 1 amide bonds. The Labute approximate surface area is 160 Å². The molecule has 3 rings (SSSR count). The van der Waals surface area contributed by atoms with Gasteiger partial charge in [0.05, 0.1) is 6.10 Å². The lowest BCUT2D eigenvalue weighted by Gasteiger charge is -2.33. The van der Waals surface area contributed by atoms with Crippen LogP contribution in [0.5, 0.6) is 0 Å². The molecule has 1 heterocycles. The average Bonchev–Trinajstić information content (AvgIpc) is 2.67. The van der Waals surface area contributed by atoms with Gasteiger partial charge in [0.25, 0.3) is 0 Å². The zero-order valence-corrected chi connectivity index (χ0v) is 15.8. The van der Waals surface area contributed by atoms with Crippen LogP contribution >= 0.6 is 11.6 Å². The maximum absolute atomic E-state index is 12.2. The summed E-state index contributed by atoms with van der Waals surface area (Å²) in [4.78, 5) is 14.5. The minimum atomic E-state index is 0.00939. The van der Waals surface area contributed by atoms with Crippen molar-refractivity contribution in [3.63, 3.8) is 0 Å². The molecule has 1 atom stereocenters. The Morgan fingerprint density at radius 1 is 1.27 bits per heavy atom. The number of amides is 1. The topological polar surface area (TPSA) is 41.6 Å². The minimum absolute atomic E-state index is 0.00939. The molecule has 0 spiro atoms. The predicted molar refractivity (Wildman–Crippen MR) is 107 cm³/mol. The summed E-state index contributed by atoms with van der Waals surface area (Å²) in [6, 6.07) is 15.7. The van der Waals surface area contributed by atoms with Gasteiger partial charge in [0.2, 0.25) is 5.91 Å². The standard InChI is InChI=1S/C21H25ClN2O2/c1-26-20-6-3-13-24(15-20)19-10-8-18(9-11-19)23-21(25)12-7-16-4-2-5-17(22)14-16/h2,4-5,8-11,14,20H,3,6-7,12-13,15H2,1H3,(H,23,25)/t20-/m1/s1. The number of hydrogen-bond donors (Lipinski definition) is 1. The molecule has 4 nitrogen and oxygen atoms in total. The third kappa shape index (κ3) is 5.23. The van der Waals surface area contributed by atoms with Crippen LogP contribution in [0.2, 0.25) is 5.02 Å². The molecule has 1 N–H and O–H groups in total. The van der Waals surface area contributed by atoms with Crippen LogP contribution in [0, 0.1) is 0 Å². The smallest absolute Gasteiger partial charge is 0.224 e. The first kappa shape index (κ1) is 18.7. The fourth-order valence-corrected chi connectivity index (χ4v) is 3.51. The minimum Gasteiger partial charge on any atom is -0.380 e. The van der Waals surface area contributed by atoms with Crippen molar-refractivity contribution in [1.82, 2.24) is 0 Å². The largest absolute Gasteiger partial charge is 0.380 e. The van der Waals surface area contributed by atoms with Crippen LogP contribution in [0.4, 0.5) is 11.4 Å². The Hall–Kier alpha value is -2.04. The Kier molecular flexibility index (Phi) is 6.53. The van der Waals surface area contributed by atoms with Crippen LogP contribution < -0.4 is 10.2 Å². The van der Waals surface area contributed by atoms with Crippen molar-refractivity contribution < 1.29 is 9.53 Å². The molecule has 0 bridgehead atoms. The predicted octanol–water partition coefficient (Wildman–Crippen LogP) is 4.53. The summed E-state index contributed by atoms with van der Waals surface area (Å²) >= 11 is 5.97. The van der Waals surface area contributed by atoms with Gasteiger partial charge in [-0.2, -0.15) is 0 Å². The van der Waals surface area contributed by atoms with Gasteiger partial charge in [0.1, 0.15) is 0 Å². The first-order chi connectivity index (χ1) is 12.6. The molecular weight excluding hydrogens is 348 g/mol. The summed E-state index contributed by atoms with van der Waals surface area (Å²) < 4.78 is 5.48. The van der Waals surface area contributed by atoms with Crippen molar-refractivity contribution in [2.45, 2.75) is 31.8 Å². The lowest BCUT2D eigenvalue weighted by atomic mass is 10.1. The van der Waals surface area contributed by atoms with E-state index in [-0.39, 0.29) is 5.91 Å². The van der Waals surface area contributed by atoms with Gasteiger partial charge in [0.15, 0.2) is 0 Å². The van der Waals surface area contributed by atoms with E-state index in [4.69, 9.17) is 16.3 Å². The first-order valence-corrected chi connectivity index (χ1v) is 9.44. The fraction of sp³-hybridized carbons (Fsp3) is 0.381. The Bertz CT molecular complexity index is 733. The van der Waals surface area contributed by atoms with Crippen molar-refractivity contribution >= 4 is 28.9 Å². The summed E-state index contributed by atoms with van der Waals surface area (Å²) in [7, 11) is 1.77. The molecule has 0 unspecified atom stereocenters. The summed E-state index contributed by atoms with van der Waals surface area (Å²) in [5.41, 5.74) is 3.06. The summed E-state index contributed by atoms with van der Waals surface area (Å²) in [6.45, 7) is 1.97. The second-order valence-corrected chi connectivity index (χ2v) is 7.11. The second kappa shape index (κ2) is 9.06. The van der Waals surface area contributed by atoms with Gasteiger partial charge in [-0.3, -0.25) is 4.79 Å². The lowest BCUT2D eigenvalue weighted by Crippen LogP contribution is -2.39. The van der Waals surface area contributed by atoms with E-state index in [0.29, 0.717) is 24.0 Å². The van der Waals surface area contributed by atoms with E-state index in [1.807, 2.05) is 36.4 Å². The van der Waals surface area contributed by atoms with Crippen LogP contribution in [0.25, 0.3) is 0 Å². The maximum Gasteiger partial charge on any atom is 0.224 e. The molecule has 1 aliphatic rings. The van der Waals surface area contributed by atoms with Crippen LogP contribution in [-0.2, 0) is 16.0 Å². The van der Waals surface area contributed by atoms with Crippen LogP contribution in [0.15, 0.2) is 48.5 Å². The molecule has 2 aromatic rings. The monoisotopic (exact) mass is 372 g/mol. The highest BCUT2D eigenvalue weighted by atomic mass is 35.5. The number of nitrogens with zero attached hydrogens (tertiary/aromatic N) is 1. The zero-order valence-electron chi connectivity index (χ0n) is 15.1. The highest BCUT2D eigenvalue weighted by Gasteiger charge is 2.19. The molecule has 1 fully saturated rings. The number of hydrogen-bond acceptors (Lipinski definition) is 3. The number of rotatable bonds is 6. The highest BCUT2D eigenvalue weighted by molar-refractivity contribution is 6.30. The molecule has 1 saturated heterocycles. The van der Waals surface area contributed by atoms with E-state index in [9.17, 15) is 4.79 Å². The van der Waals surface area contributed by atoms with E-state index < -0.39 is 0 Å². The highest BCUT2D eigenvalue weighted by Crippen LogP contribution is 2.23. The summed E-state index contributed by atoms with van der Waals surface area (Å²) in [5, 5.41) is 3.66. The zero-order chi connectivity index (χ0) is 18.4. The van der Waals surface area contributed by atoms with E-state index in [1.54, 1.807) is 7.11 Å². The number of benzene rings is 2. The Morgan fingerprint density at radius 2 is 2.08 bits per heavy atom. The average molecular weight is 373 g/mol. The van der Waals surface area contributed by atoms with Crippen LogP contribution in [-0.4, -0.2) is 32.2 Å². The molecular formula is C21H25ClN2O2. The number of methoxy groups -OCH3 is 1. The van der Waals surface area contributed by atoms with Gasteiger partial charge in [-0.1, -0.05) is 23.7 Å². The van der Waals surface area contributed by atoms with Crippen LogP contribution in [0.1, 0.15) is 24.8 Å². The molecule has 26 heavy (non-hydrogen) atoms. The molecule has 1 aliphatic heterocycles. The van der Waals surface area contributed by atoms with Crippen molar-refractivity contribution in [2.24, 2.45) is 0 Å². The number of ether oxygens (including phenoxy) is 1. The van der Waals surface area contributed by atoms with Gasteiger partial charge in [-0.05, 0) is 61.2 Å². The van der Waals surface area contributed by atoms with Crippen molar-refractivity contribution in [3.05, 3.63) is 59.1 Å². The van der Waals surface area contributed by atoms with E-state index in [1.165, 1.54) is 5.69 Å². The SMILES string of the molecule is CO[C@@H]1CCCN(c2ccc(NC(=O)CCc3cccc(Cl)c3)cc2)C1. The summed E-state index contributed by atoms with van der Waals surface area (Å²) in [5.74, 6) is 0.00939. The Balaban J connectivity index is 1.51.